The highest BCUT2D eigenvalue weighted by atomic mass is 32.2. The van der Waals surface area contributed by atoms with Crippen LogP contribution in [0.4, 0.5) is 4.79 Å². The van der Waals surface area contributed by atoms with E-state index in [2.05, 4.69) is 17.6 Å². The lowest BCUT2D eigenvalue weighted by Gasteiger charge is -2.20. The van der Waals surface area contributed by atoms with E-state index in [1.165, 1.54) is 0 Å². The lowest BCUT2D eigenvalue weighted by molar-refractivity contribution is -0.139. The number of urea groups is 1. The minimum absolute atomic E-state index is 0.0648. The number of thiophene rings is 1. The highest BCUT2D eigenvalue weighted by molar-refractivity contribution is 7.98. The number of amides is 2. The van der Waals surface area contributed by atoms with Crippen molar-refractivity contribution in [2.45, 2.75) is 38.3 Å². The monoisotopic (exact) mass is 330 g/mol. The molecular formula is C14H22N2O3S2. The molecule has 1 aromatic heterocycles. The lowest BCUT2D eigenvalue weighted by atomic mass is 10.1. The van der Waals surface area contributed by atoms with E-state index in [0.29, 0.717) is 12.2 Å². The van der Waals surface area contributed by atoms with Gasteiger partial charge in [0, 0.05) is 4.88 Å². The van der Waals surface area contributed by atoms with Crippen LogP contribution in [0.3, 0.4) is 0 Å². The van der Waals surface area contributed by atoms with Gasteiger partial charge in [0.25, 0.3) is 0 Å². The maximum atomic E-state index is 12.0. The number of rotatable bonds is 9. The van der Waals surface area contributed by atoms with Crippen LogP contribution in [0.5, 0.6) is 0 Å². The van der Waals surface area contributed by atoms with Crippen LogP contribution >= 0.6 is 23.1 Å². The highest BCUT2D eigenvalue weighted by Crippen LogP contribution is 2.23. The summed E-state index contributed by atoms with van der Waals surface area (Å²) in [4.78, 5) is 24.2. The number of hydrogen-bond acceptors (Lipinski definition) is 4. The summed E-state index contributed by atoms with van der Waals surface area (Å²) in [5, 5.41) is 16.5. The molecule has 3 N–H and O–H groups in total. The third-order valence-corrected chi connectivity index (χ3v) is 4.61. The van der Waals surface area contributed by atoms with Gasteiger partial charge in [-0.25, -0.2) is 9.59 Å². The Hall–Kier alpha value is -1.21. The number of carboxylic acid groups (broad SMARTS) is 1. The number of nitrogens with one attached hydrogen (secondary N) is 2. The molecule has 0 aliphatic heterocycles. The Morgan fingerprint density at radius 3 is 2.67 bits per heavy atom. The molecule has 0 radical (unpaired) electrons. The van der Waals surface area contributed by atoms with Gasteiger partial charge in [-0.2, -0.15) is 11.8 Å². The van der Waals surface area contributed by atoms with E-state index >= 15 is 0 Å². The largest absolute Gasteiger partial charge is 0.480 e. The first kappa shape index (κ1) is 17.8. The highest BCUT2D eigenvalue weighted by Gasteiger charge is 2.21. The van der Waals surface area contributed by atoms with Crippen molar-refractivity contribution in [1.29, 1.82) is 0 Å². The summed E-state index contributed by atoms with van der Waals surface area (Å²) >= 11 is 3.15. The number of carbonyl (C=O) groups excluding carboxylic acids is 1. The van der Waals surface area contributed by atoms with Gasteiger partial charge in [-0.05, 0) is 36.3 Å². The van der Waals surface area contributed by atoms with Gasteiger partial charge in [-0.15, -0.1) is 11.3 Å². The molecule has 0 fully saturated rings. The quantitative estimate of drug-likeness (QED) is 0.650. The summed E-state index contributed by atoms with van der Waals surface area (Å²) in [6.45, 7) is 2.05. The molecule has 2 amide bonds. The van der Waals surface area contributed by atoms with Crippen molar-refractivity contribution in [3.05, 3.63) is 22.4 Å². The Balaban J connectivity index is 2.58. The summed E-state index contributed by atoms with van der Waals surface area (Å²) in [5.41, 5.74) is 0. The third-order valence-electron chi connectivity index (χ3n) is 2.98. The zero-order valence-electron chi connectivity index (χ0n) is 12.3. The molecule has 1 heterocycles. The first-order chi connectivity index (χ1) is 10.1. The SMILES string of the molecule is CCCC(NC(=O)NC(CCSC)C(=O)O)c1cccs1. The average molecular weight is 330 g/mol. The normalized spacial score (nSPS) is 13.4. The first-order valence-electron chi connectivity index (χ1n) is 6.90. The fourth-order valence-corrected chi connectivity index (χ4v) is 3.20. The molecule has 2 atom stereocenters. The van der Waals surface area contributed by atoms with Crippen molar-refractivity contribution in [2.75, 3.05) is 12.0 Å². The van der Waals surface area contributed by atoms with Crippen LogP contribution in [-0.2, 0) is 4.79 Å². The van der Waals surface area contributed by atoms with Crippen LogP contribution in [0.2, 0.25) is 0 Å². The van der Waals surface area contributed by atoms with Gasteiger partial charge >= 0.3 is 12.0 Å². The number of hydrogen-bond donors (Lipinski definition) is 3. The van der Waals surface area contributed by atoms with Crippen molar-refractivity contribution >= 4 is 35.1 Å². The van der Waals surface area contributed by atoms with Crippen LogP contribution in [0.1, 0.15) is 37.1 Å². The second kappa shape index (κ2) is 9.68. The maximum Gasteiger partial charge on any atom is 0.326 e. The van der Waals surface area contributed by atoms with Gasteiger partial charge in [0.05, 0.1) is 6.04 Å². The smallest absolute Gasteiger partial charge is 0.326 e. The molecule has 21 heavy (non-hydrogen) atoms. The van der Waals surface area contributed by atoms with E-state index < -0.39 is 18.0 Å². The van der Waals surface area contributed by atoms with Crippen molar-refractivity contribution in [2.24, 2.45) is 0 Å². The van der Waals surface area contributed by atoms with Crippen molar-refractivity contribution < 1.29 is 14.7 Å². The predicted octanol–water partition coefficient (Wildman–Crippen LogP) is 3.09. The van der Waals surface area contributed by atoms with E-state index in [4.69, 9.17) is 5.11 Å². The molecule has 0 aromatic carbocycles. The number of thioether (sulfide) groups is 1. The Bertz CT molecular complexity index is 437. The van der Waals surface area contributed by atoms with Crippen molar-refractivity contribution in [3.63, 3.8) is 0 Å². The van der Waals surface area contributed by atoms with E-state index in [1.807, 2.05) is 23.8 Å². The molecule has 0 aliphatic carbocycles. The Labute approximate surface area is 133 Å². The minimum atomic E-state index is -0.998. The van der Waals surface area contributed by atoms with Crippen LogP contribution in [0.25, 0.3) is 0 Å². The van der Waals surface area contributed by atoms with Gasteiger partial charge < -0.3 is 15.7 Å². The molecule has 2 unspecified atom stereocenters. The average Bonchev–Trinajstić information content (AvgIpc) is 2.96. The number of aliphatic carboxylic acids is 1. The van der Waals surface area contributed by atoms with Crippen LogP contribution in [-0.4, -0.2) is 35.2 Å². The lowest BCUT2D eigenvalue weighted by Crippen LogP contribution is -2.47. The summed E-state index contributed by atoms with van der Waals surface area (Å²) in [5.74, 6) is -0.303. The molecule has 118 valence electrons. The molecule has 1 aromatic rings. The van der Waals surface area contributed by atoms with E-state index in [-0.39, 0.29) is 6.04 Å². The Morgan fingerprint density at radius 1 is 1.38 bits per heavy atom. The Kier molecular flexibility index (Phi) is 8.22. The van der Waals surface area contributed by atoms with Gasteiger partial charge in [-0.1, -0.05) is 19.4 Å². The minimum Gasteiger partial charge on any atom is -0.480 e. The van der Waals surface area contributed by atoms with Crippen molar-refractivity contribution in [3.8, 4) is 0 Å². The summed E-state index contributed by atoms with van der Waals surface area (Å²) in [6, 6.07) is 2.59. The van der Waals surface area contributed by atoms with Crippen LogP contribution in [0, 0.1) is 0 Å². The summed E-state index contributed by atoms with van der Waals surface area (Å²) in [6.07, 6.45) is 4.10. The maximum absolute atomic E-state index is 12.0. The molecule has 0 bridgehead atoms. The topological polar surface area (TPSA) is 78.4 Å². The van der Waals surface area contributed by atoms with Crippen LogP contribution in [0.15, 0.2) is 17.5 Å². The zero-order chi connectivity index (χ0) is 15.7. The number of carboxylic acids is 1. The van der Waals surface area contributed by atoms with Gasteiger partial charge in [-0.3, -0.25) is 0 Å². The molecule has 5 nitrogen and oxygen atoms in total. The third kappa shape index (κ3) is 6.39. The van der Waals surface area contributed by atoms with Gasteiger partial charge in [0.2, 0.25) is 0 Å². The second-order valence-corrected chi connectivity index (χ2v) is 6.61. The number of carbonyl (C=O) groups is 2. The zero-order valence-corrected chi connectivity index (χ0v) is 13.9. The summed E-state index contributed by atoms with van der Waals surface area (Å²) in [7, 11) is 0. The van der Waals surface area contributed by atoms with Crippen LogP contribution < -0.4 is 10.6 Å². The molecule has 0 aliphatic rings. The fourth-order valence-electron chi connectivity index (χ4n) is 1.92. The molecule has 7 heteroatoms. The van der Waals surface area contributed by atoms with Gasteiger partial charge in [0.15, 0.2) is 0 Å². The first-order valence-corrected chi connectivity index (χ1v) is 9.18. The van der Waals surface area contributed by atoms with Gasteiger partial charge in [0.1, 0.15) is 6.04 Å². The fraction of sp³-hybridized carbons (Fsp3) is 0.571. The summed E-state index contributed by atoms with van der Waals surface area (Å²) < 4.78 is 0. The molecule has 0 saturated carbocycles. The van der Waals surface area contributed by atoms with E-state index in [1.54, 1.807) is 23.1 Å². The Morgan fingerprint density at radius 2 is 2.14 bits per heavy atom. The molecule has 1 rings (SSSR count). The second-order valence-electron chi connectivity index (χ2n) is 4.65. The molecule has 0 spiro atoms. The van der Waals surface area contributed by atoms with E-state index in [9.17, 15) is 9.59 Å². The molecule has 0 saturated heterocycles. The van der Waals surface area contributed by atoms with E-state index in [0.717, 1.165) is 17.7 Å². The molecular weight excluding hydrogens is 308 g/mol. The standard InChI is InChI=1S/C14H22N2O3S2/c1-3-5-10(12-6-4-8-21-12)15-14(19)16-11(13(17)18)7-9-20-2/h4,6,8,10-11H,3,5,7,9H2,1-2H3,(H,17,18)(H2,15,16,19). The predicted molar refractivity (Wildman–Crippen MR) is 88.1 cm³/mol. The van der Waals surface area contributed by atoms with Crippen molar-refractivity contribution in [1.82, 2.24) is 10.6 Å².